The van der Waals surface area contributed by atoms with Gasteiger partial charge in [0.15, 0.2) is 0 Å². The summed E-state index contributed by atoms with van der Waals surface area (Å²) in [7, 11) is 0. The largest absolute Gasteiger partial charge is 0.272 e. The third-order valence-electron chi connectivity index (χ3n) is 1.99. The average molecular weight is 300 g/mol. The normalized spacial score (nSPS) is 16.0. The van der Waals surface area contributed by atoms with E-state index in [9.17, 15) is 4.79 Å². The minimum absolute atomic E-state index is 0.0478. The van der Waals surface area contributed by atoms with E-state index in [1.54, 1.807) is 0 Å². The summed E-state index contributed by atoms with van der Waals surface area (Å²) in [4.78, 5) is 11.5. The molecule has 0 saturated heterocycles. The van der Waals surface area contributed by atoms with Crippen molar-refractivity contribution in [1.82, 2.24) is 0 Å². The van der Waals surface area contributed by atoms with Gasteiger partial charge in [0.25, 0.3) is 5.91 Å². The summed E-state index contributed by atoms with van der Waals surface area (Å²) in [5.41, 5.74) is 1.74. The first-order chi connectivity index (χ1) is 6.68. The van der Waals surface area contributed by atoms with Gasteiger partial charge in [-0.05, 0) is 41.6 Å². The van der Waals surface area contributed by atoms with Gasteiger partial charge in [0.1, 0.15) is 0 Å². The summed E-state index contributed by atoms with van der Waals surface area (Å²) < 4.78 is 1.04. The lowest BCUT2D eigenvalue weighted by Crippen LogP contribution is -2.20. The summed E-state index contributed by atoms with van der Waals surface area (Å²) >= 11 is 2.20. The van der Waals surface area contributed by atoms with Crippen molar-refractivity contribution in [2.75, 3.05) is 5.01 Å². The third-order valence-corrected chi connectivity index (χ3v) is 2.91. The van der Waals surface area contributed by atoms with E-state index in [1.807, 2.05) is 31.2 Å². The van der Waals surface area contributed by atoms with Crippen LogP contribution in [0.15, 0.2) is 29.4 Å². The molecule has 14 heavy (non-hydrogen) atoms. The van der Waals surface area contributed by atoms with Crippen LogP contribution in [0, 0.1) is 3.57 Å². The van der Waals surface area contributed by atoms with E-state index in [2.05, 4.69) is 27.7 Å². The summed E-state index contributed by atoms with van der Waals surface area (Å²) in [6.07, 6.45) is 0.435. The Labute approximate surface area is 95.9 Å². The van der Waals surface area contributed by atoms with Crippen molar-refractivity contribution in [1.29, 1.82) is 0 Å². The SMILES string of the molecule is CC1=NN(c2ccccc2I)C(=O)C1. The maximum Gasteiger partial charge on any atom is 0.253 e. The predicted molar refractivity (Wildman–Crippen MR) is 64.4 cm³/mol. The van der Waals surface area contributed by atoms with E-state index in [0.717, 1.165) is 15.0 Å². The first kappa shape index (κ1) is 9.64. The van der Waals surface area contributed by atoms with Crippen molar-refractivity contribution in [2.45, 2.75) is 13.3 Å². The van der Waals surface area contributed by atoms with E-state index >= 15 is 0 Å². The summed E-state index contributed by atoms with van der Waals surface area (Å²) in [5.74, 6) is 0.0478. The lowest BCUT2D eigenvalue weighted by Gasteiger charge is -2.12. The Morgan fingerprint density at radius 3 is 2.71 bits per heavy atom. The standard InChI is InChI=1S/C10H9IN2O/c1-7-6-10(14)13(12-7)9-5-3-2-4-8(9)11/h2-5H,6H2,1H3. The molecule has 72 valence electrons. The molecule has 1 aliphatic heterocycles. The molecule has 1 aliphatic rings. The van der Waals surface area contributed by atoms with Crippen LogP contribution in [0.25, 0.3) is 0 Å². The van der Waals surface area contributed by atoms with Crippen molar-refractivity contribution in [2.24, 2.45) is 5.10 Å². The number of benzene rings is 1. The molecule has 1 aromatic carbocycles. The Hall–Kier alpha value is -0.910. The molecule has 0 aromatic heterocycles. The van der Waals surface area contributed by atoms with Crippen LogP contribution < -0.4 is 5.01 Å². The van der Waals surface area contributed by atoms with Gasteiger partial charge in [-0.1, -0.05) is 12.1 Å². The lowest BCUT2D eigenvalue weighted by atomic mass is 10.3. The van der Waals surface area contributed by atoms with Gasteiger partial charge in [0, 0.05) is 9.28 Å². The smallest absolute Gasteiger partial charge is 0.253 e. The van der Waals surface area contributed by atoms with Crippen LogP contribution in [0.1, 0.15) is 13.3 Å². The molecule has 0 spiro atoms. The fourth-order valence-electron chi connectivity index (χ4n) is 1.37. The number of amides is 1. The quantitative estimate of drug-likeness (QED) is 0.733. The second-order valence-corrected chi connectivity index (χ2v) is 4.33. The zero-order valence-electron chi connectivity index (χ0n) is 7.70. The number of hydrogen-bond donors (Lipinski definition) is 0. The Balaban J connectivity index is 2.41. The van der Waals surface area contributed by atoms with Crippen molar-refractivity contribution in [3.8, 4) is 0 Å². The highest BCUT2D eigenvalue weighted by Gasteiger charge is 2.23. The molecule has 1 aromatic rings. The Kier molecular flexibility index (Phi) is 2.54. The Bertz CT molecular complexity index is 414. The predicted octanol–water partition coefficient (Wildman–Crippen LogP) is 2.40. The fraction of sp³-hybridized carbons (Fsp3) is 0.200. The van der Waals surface area contributed by atoms with Gasteiger partial charge in [-0.15, -0.1) is 0 Å². The van der Waals surface area contributed by atoms with E-state index in [1.165, 1.54) is 5.01 Å². The zero-order chi connectivity index (χ0) is 10.1. The van der Waals surface area contributed by atoms with Crippen LogP contribution >= 0.6 is 22.6 Å². The number of para-hydroxylation sites is 1. The van der Waals surface area contributed by atoms with Crippen LogP contribution in [0.3, 0.4) is 0 Å². The zero-order valence-corrected chi connectivity index (χ0v) is 9.85. The summed E-state index contributed by atoms with van der Waals surface area (Å²) in [6.45, 7) is 1.87. The van der Waals surface area contributed by atoms with Gasteiger partial charge >= 0.3 is 0 Å². The van der Waals surface area contributed by atoms with Crippen molar-refractivity contribution in [3.05, 3.63) is 27.8 Å². The van der Waals surface area contributed by atoms with Gasteiger partial charge in [-0.25, -0.2) is 0 Å². The first-order valence-corrected chi connectivity index (χ1v) is 5.38. The second-order valence-electron chi connectivity index (χ2n) is 3.17. The van der Waals surface area contributed by atoms with E-state index in [4.69, 9.17) is 0 Å². The molecule has 0 N–H and O–H groups in total. The maximum absolute atomic E-state index is 11.5. The van der Waals surface area contributed by atoms with E-state index in [0.29, 0.717) is 6.42 Å². The fourth-order valence-corrected chi connectivity index (χ4v) is 1.98. The van der Waals surface area contributed by atoms with Crippen molar-refractivity contribution >= 4 is 39.9 Å². The molecule has 4 heteroatoms. The summed E-state index contributed by atoms with van der Waals surface area (Å²) in [6, 6.07) is 7.73. The average Bonchev–Trinajstić information content (AvgIpc) is 2.46. The van der Waals surface area contributed by atoms with Crippen molar-refractivity contribution in [3.63, 3.8) is 0 Å². The number of rotatable bonds is 1. The van der Waals surface area contributed by atoms with Crippen LogP contribution in [0.5, 0.6) is 0 Å². The Morgan fingerprint density at radius 1 is 1.43 bits per heavy atom. The van der Waals surface area contributed by atoms with Crippen LogP contribution in [0.4, 0.5) is 5.69 Å². The second kappa shape index (κ2) is 3.68. The molecular weight excluding hydrogens is 291 g/mol. The minimum atomic E-state index is 0.0478. The highest BCUT2D eigenvalue weighted by atomic mass is 127. The molecule has 0 atom stereocenters. The molecule has 0 fully saturated rings. The number of hydrazone groups is 1. The molecule has 1 amide bonds. The highest BCUT2D eigenvalue weighted by Crippen LogP contribution is 2.25. The molecule has 0 bridgehead atoms. The molecule has 3 nitrogen and oxygen atoms in total. The number of halogens is 1. The highest BCUT2D eigenvalue weighted by molar-refractivity contribution is 14.1. The lowest BCUT2D eigenvalue weighted by molar-refractivity contribution is -0.116. The molecule has 0 unspecified atom stereocenters. The monoisotopic (exact) mass is 300 g/mol. The topological polar surface area (TPSA) is 32.7 Å². The minimum Gasteiger partial charge on any atom is -0.272 e. The van der Waals surface area contributed by atoms with Crippen LogP contribution in [-0.2, 0) is 4.79 Å². The van der Waals surface area contributed by atoms with Gasteiger partial charge in [0.05, 0.1) is 12.1 Å². The number of anilines is 1. The molecule has 0 radical (unpaired) electrons. The molecule has 0 aliphatic carbocycles. The summed E-state index contributed by atoms with van der Waals surface area (Å²) in [5, 5.41) is 5.68. The van der Waals surface area contributed by atoms with Gasteiger partial charge in [-0.2, -0.15) is 10.1 Å². The van der Waals surface area contributed by atoms with Gasteiger partial charge < -0.3 is 0 Å². The third kappa shape index (κ3) is 1.66. The number of carbonyl (C=O) groups excluding carboxylic acids is 1. The molecular formula is C10H9IN2O. The number of hydrogen-bond acceptors (Lipinski definition) is 2. The van der Waals surface area contributed by atoms with Crippen LogP contribution in [-0.4, -0.2) is 11.6 Å². The Morgan fingerprint density at radius 2 is 2.14 bits per heavy atom. The van der Waals surface area contributed by atoms with E-state index in [-0.39, 0.29) is 5.91 Å². The molecule has 1 heterocycles. The number of nitrogens with zero attached hydrogens (tertiary/aromatic N) is 2. The molecule has 0 saturated carbocycles. The van der Waals surface area contributed by atoms with Gasteiger partial charge in [-0.3, -0.25) is 4.79 Å². The van der Waals surface area contributed by atoms with Crippen molar-refractivity contribution < 1.29 is 4.79 Å². The van der Waals surface area contributed by atoms with Crippen LogP contribution in [0.2, 0.25) is 0 Å². The van der Waals surface area contributed by atoms with Gasteiger partial charge in [0.2, 0.25) is 0 Å². The number of carbonyl (C=O) groups is 1. The van der Waals surface area contributed by atoms with E-state index < -0.39 is 0 Å². The first-order valence-electron chi connectivity index (χ1n) is 4.30. The maximum atomic E-state index is 11.5. The molecule has 2 rings (SSSR count).